The van der Waals surface area contributed by atoms with Gasteiger partial charge in [0.05, 0.1) is 19.3 Å². The van der Waals surface area contributed by atoms with Crippen LogP contribution in [0.15, 0.2) is 54.6 Å². The molecule has 5 nitrogen and oxygen atoms in total. The molecule has 0 spiro atoms. The number of amides is 2. The molecule has 28 heavy (non-hydrogen) atoms. The van der Waals surface area contributed by atoms with Crippen molar-refractivity contribution in [3.63, 3.8) is 0 Å². The highest BCUT2D eigenvalue weighted by Gasteiger charge is 2.18. The molecule has 2 aromatic carbocycles. The summed E-state index contributed by atoms with van der Waals surface area (Å²) in [6.45, 7) is 9.14. The first-order valence-electron chi connectivity index (χ1n) is 10.1. The third-order valence-electron chi connectivity index (χ3n) is 5.17. The fourth-order valence-electron chi connectivity index (χ4n) is 3.55. The minimum atomic E-state index is -0.135. The lowest BCUT2D eigenvalue weighted by Crippen LogP contribution is -2.39. The molecular weight excluding hydrogens is 350 g/mol. The number of hydrogen-bond acceptors (Lipinski definition) is 3. The van der Waals surface area contributed by atoms with Crippen LogP contribution in [0.1, 0.15) is 36.6 Å². The second-order valence-electron chi connectivity index (χ2n) is 7.62. The molecule has 2 aromatic rings. The van der Waals surface area contributed by atoms with E-state index in [2.05, 4.69) is 59.7 Å². The van der Waals surface area contributed by atoms with Crippen LogP contribution in [-0.2, 0) is 17.8 Å². The van der Waals surface area contributed by atoms with Gasteiger partial charge in [0.25, 0.3) is 0 Å². The maximum absolute atomic E-state index is 12.6. The minimum Gasteiger partial charge on any atom is -0.379 e. The maximum atomic E-state index is 12.6. The van der Waals surface area contributed by atoms with Gasteiger partial charge in [0.15, 0.2) is 0 Å². The van der Waals surface area contributed by atoms with Gasteiger partial charge in [-0.2, -0.15) is 0 Å². The van der Waals surface area contributed by atoms with Crippen LogP contribution in [0, 0.1) is 5.92 Å². The fraction of sp³-hybridized carbons (Fsp3) is 0.435. The number of carbonyl (C=O) groups is 1. The number of benzene rings is 2. The Morgan fingerprint density at radius 1 is 1.00 bits per heavy atom. The number of hydrogen-bond donors (Lipinski definition) is 2. The van der Waals surface area contributed by atoms with Gasteiger partial charge in [-0.3, -0.25) is 4.90 Å². The molecule has 0 saturated carbocycles. The van der Waals surface area contributed by atoms with E-state index in [1.807, 2.05) is 24.3 Å². The molecule has 1 atom stereocenters. The zero-order valence-electron chi connectivity index (χ0n) is 16.9. The summed E-state index contributed by atoms with van der Waals surface area (Å²) >= 11 is 0. The summed E-state index contributed by atoms with van der Waals surface area (Å²) in [7, 11) is 0. The van der Waals surface area contributed by atoms with Crippen LogP contribution >= 0.6 is 0 Å². The van der Waals surface area contributed by atoms with E-state index in [4.69, 9.17) is 4.74 Å². The standard InChI is InChI=1S/C23H31N3O2/c1-18(2)22(19-8-4-3-5-9-19)25-23(27)24-16-20-10-6-7-11-21(20)17-26-12-14-28-15-13-26/h3-11,18,22H,12-17H2,1-2H3,(H2,24,25,27). The quantitative estimate of drug-likeness (QED) is 0.769. The van der Waals surface area contributed by atoms with E-state index in [9.17, 15) is 4.79 Å². The van der Waals surface area contributed by atoms with Gasteiger partial charge in [-0.05, 0) is 22.6 Å². The molecule has 150 valence electrons. The van der Waals surface area contributed by atoms with Gasteiger partial charge in [-0.25, -0.2) is 4.79 Å². The average molecular weight is 382 g/mol. The van der Waals surface area contributed by atoms with E-state index in [1.54, 1.807) is 0 Å². The van der Waals surface area contributed by atoms with E-state index in [0.29, 0.717) is 12.5 Å². The highest BCUT2D eigenvalue weighted by atomic mass is 16.5. The molecule has 1 saturated heterocycles. The van der Waals surface area contributed by atoms with Crippen LogP contribution in [0.3, 0.4) is 0 Å². The number of nitrogens with zero attached hydrogens (tertiary/aromatic N) is 1. The Balaban J connectivity index is 1.58. The SMILES string of the molecule is CC(C)C(NC(=O)NCc1ccccc1CN1CCOCC1)c1ccccc1. The van der Waals surface area contributed by atoms with Crippen LogP contribution in [0.25, 0.3) is 0 Å². The Kier molecular flexibility index (Phi) is 7.46. The Hall–Kier alpha value is -2.37. The number of nitrogens with one attached hydrogen (secondary N) is 2. The molecule has 0 aliphatic carbocycles. The molecule has 1 aliphatic heterocycles. The summed E-state index contributed by atoms with van der Waals surface area (Å²) in [4.78, 5) is 15.0. The summed E-state index contributed by atoms with van der Waals surface area (Å²) < 4.78 is 5.43. The van der Waals surface area contributed by atoms with Crippen LogP contribution in [0.5, 0.6) is 0 Å². The fourth-order valence-corrected chi connectivity index (χ4v) is 3.55. The molecule has 1 heterocycles. The largest absolute Gasteiger partial charge is 0.379 e. The van der Waals surface area contributed by atoms with E-state index in [-0.39, 0.29) is 12.1 Å². The van der Waals surface area contributed by atoms with Gasteiger partial charge in [0, 0.05) is 26.2 Å². The van der Waals surface area contributed by atoms with Crippen LogP contribution in [-0.4, -0.2) is 37.2 Å². The van der Waals surface area contributed by atoms with E-state index >= 15 is 0 Å². The van der Waals surface area contributed by atoms with Crippen molar-refractivity contribution in [2.75, 3.05) is 26.3 Å². The van der Waals surface area contributed by atoms with Crippen molar-refractivity contribution < 1.29 is 9.53 Å². The normalized spacial score (nSPS) is 16.0. The van der Waals surface area contributed by atoms with Crippen molar-refractivity contribution in [1.29, 1.82) is 0 Å². The lowest BCUT2D eigenvalue weighted by Gasteiger charge is -2.27. The molecule has 2 amide bonds. The van der Waals surface area contributed by atoms with Crippen molar-refractivity contribution in [2.24, 2.45) is 5.92 Å². The third kappa shape index (κ3) is 5.81. The van der Waals surface area contributed by atoms with Crippen LogP contribution in [0.2, 0.25) is 0 Å². The van der Waals surface area contributed by atoms with Gasteiger partial charge in [0.1, 0.15) is 0 Å². The lowest BCUT2D eigenvalue weighted by molar-refractivity contribution is 0.0341. The second kappa shape index (κ2) is 10.2. The van der Waals surface area contributed by atoms with Crippen molar-refractivity contribution in [3.8, 4) is 0 Å². The molecule has 0 bridgehead atoms. The highest BCUT2D eigenvalue weighted by Crippen LogP contribution is 2.21. The molecule has 3 rings (SSSR count). The van der Waals surface area contributed by atoms with Gasteiger partial charge in [-0.15, -0.1) is 0 Å². The molecule has 2 N–H and O–H groups in total. The first-order valence-corrected chi connectivity index (χ1v) is 10.1. The van der Waals surface area contributed by atoms with E-state index in [0.717, 1.165) is 44.0 Å². The summed E-state index contributed by atoms with van der Waals surface area (Å²) in [6, 6.07) is 18.3. The number of morpholine rings is 1. The van der Waals surface area contributed by atoms with E-state index in [1.165, 1.54) is 5.56 Å². The number of ether oxygens (including phenoxy) is 1. The third-order valence-corrected chi connectivity index (χ3v) is 5.17. The molecular formula is C23H31N3O2. The highest BCUT2D eigenvalue weighted by molar-refractivity contribution is 5.74. The molecule has 1 aliphatic rings. The molecule has 5 heteroatoms. The number of carbonyl (C=O) groups excluding carboxylic acids is 1. The summed E-state index contributed by atoms with van der Waals surface area (Å²) in [5, 5.41) is 6.17. The minimum absolute atomic E-state index is 0.00945. The van der Waals surface area contributed by atoms with Gasteiger partial charge in [0.2, 0.25) is 0 Å². The zero-order chi connectivity index (χ0) is 19.8. The Labute approximate surface area is 168 Å². The van der Waals surface area contributed by atoms with Crippen LogP contribution in [0.4, 0.5) is 4.79 Å². The molecule has 1 fully saturated rings. The van der Waals surface area contributed by atoms with Crippen molar-refractivity contribution in [2.45, 2.75) is 33.0 Å². The summed E-state index contributed by atoms with van der Waals surface area (Å²) in [5.74, 6) is 0.307. The summed E-state index contributed by atoms with van der Waals surface area (Å²) in [5.41, 5.74) is 3.54. The number of urea groups is 1. The van der Waals surface area contributed by atoms with Crippen molar-refractivity contribution in [3.05, 3.63) is 71.3 Å². The Morgan fingerprint density at radius 2 is 1.64 bits per heavy atom. The maximum Gasteiger partial charge on any atom is 0.315 e. The van der Waals surface area contributed by atoms with Gasteiger partial charge >= 0.3 is 6.03 Å². The predicted molar refractivity (Wildman–Crippen MR) is 112 cm³/mol. The lowest BCUT2D eigenvalue weighted by atomic mass is 9.96. The molecule has 1 unspecified atom stereocenters. The number of rotatable bonds is 7. The smallest absolute Gasteiger partial charge is 0.315 e. The average Bonchev–Trinajstić information content (AvgIpc) is 2.72. The van der Waals surface area contributed by atoms with Gasteiger partial charge < -0.3 is 15.4 Å². The van der Waals surface area contributed by atoms with Crippen molar-refractivity contribution in [1.82, 2.24) is 15.5 Å². The monoisotopic (exact) mass is 381 g/mol. The first kappa shape index (κ1) is 20.4. The Morgan fingerprint density at radius 3 is 2.32 bits per heavy atom. The Bertz CT molecular complexity index is 743. The second-order valence-corrected chi connectivity index (χ2v) is 7.62. The molecule has 0 radical (unpaired) electrons. The zero-order valence-corrected chi connectivity index (χ0v) is 16.9. The molecule has 0 aromatic heterocycles. The topological polar surface area (TPSA) is 53.6 Å². The van der Waals surface area contributed by atoms with Gasteiger partial charge in [-0.1, -0.05) is 68.4 Å². The van der Waals surface area contributed by atoms with Crippen molar-refractivity contribution >= 4 is 6.03 Å². The van der Waals surface area contributed by atoms with Crippen LogP contribution < -0.4 is 10.6 Å². The predicted octanol–water partition coefficient (Wildman–Crippen LogP) is 3.72. The summed E-state index contributed by atoms with van der Waals surface area (Å²) in [6.07, 6.45) is 0. The first-order chi connectivity index (χ1) is 13.6. The van der Waals surface area contributed by atoms with E-state index < -0.39 is 0 Å².